The van der Waals surface area contributed by atoms with Crippen LogP contribution in [0.25, 0.3) is 0 Å². The molecule has 2 aromatic rings. The van der Waals surface area contributed by atoms with Gasteiger partial charge in [-0.25, -0.2) is 0 Å². The number of hydrogen-bond acceptors (Lipinski definition) is 3. The van der Waals surface area contributed by atoms with Crippen molar-refractivity contribution in [1.29, 1.82) is 0 Å². The Bertz CT molecular complexity index is 570. The van der Waals surface area contributed by atoms with Crippen LogP contribution in [0.5, 0.6) is 0 Å². The first kappa shape index (κ1) is 16.2. The molecule has 3 rings (SSSR count). The van der Waals surface area contributed by atoms with Crippen LogP contribution < -0.4 is 0 Å². The van der Waals surface area contributed by atoms with Gasteiger partial charge in [-0.05, 0) is 24.0 Å². The third-order valence-corrected chi connectivity index (χ3v) is 4.36. The molecule has 0 aliphatic heterocycles. The molecule has 0 saturated heterocycles. The van der Waals surface area contributed by atoms with Gasteiger partial charge in [-0.2, -0.15) is 0 Å². The lowest BCUT2D eigenvalue weighted by molar-refractivity contribution is -0.0196. The maximum absolute atomic E-state index is 9.95. The van der Waals surface area contributed by atoms with Gasteiger partial charge in [-0.15, -0.1) is 0 Å². The highest BCUT2D eigenvalue weighted by molar-refractivity contribution is 5.14. The van der Waals surface area contributed by atoms with Crippen molar-refractivity contribution in [2.24, 2.45) is 5.92 Å². The van der Waals surface area contributed by atoms with Crippen molar-refractivity contribution in [2.45, 2.75) is 38.3 Å². The fraction of sp³-hybridized carbons (Fsp3) is 0.400. The van der Waals surface area contributed by atoms with Gasteiger partial charge >= 0.3 is 0 Å². The largest absolute Gasteiger partial charge is 0.393 e. The number of benzene rings is 2. The Hall–Kier alpha value is -1.68. The molecule has 23 heavy (non-hydrogen) atoms. The Morgan fingerprint density at radius 2 is 1.43 bits per heavy atom. The summed E-state index contributed by atoms with van der Waals surface area (Å²) in [5.41, 5.74) is 2.34. The van der Waals surface area contributed by atoms with E-state index in [1.807, 2.05) is 36.4 Å². The summed E-state index contributed by atoms with van der Waals surface area (Å²) in [5.74, 6) is 0.262. The van der Waals surface area contributed by atoms with E-state index in [9.17, 15) is 5.11 Å². The molecule has 0 spiro atoms. The van der Waals surface area contributed by atoms with Gasteiger partial charge in [0.25, 0.3) is 0 Å². The molecule has 122 valence electrons. The van der Waals surface area contributed by atoms with Gasteiger partial charge < -0.3 is 14.6 Å². The standard InChI is InChI=1S/C20H24O3/c21-19-11-18(15-22-13-16-7-3-1-4-8-16)20(12-19)23-14-17-9-5-2-6-10-17/h1-10,18-21H,11-15H2/t18-,19+,20-/m1/s1. The molecule has 0 aromatic heterocycles. The van der Waals surface area contributed by atoms with Crippen LogP contribution in [0.2, 0.25) is 0 Å². The first-order valence-corrected chi connectivity index (χ1v) is 8.26. The topological polar surface area (TPSA) is 38.7 Å². The number of aliphatic hydroxyl groups excluding tert-OH is 1. The Morgan fingerprint density at radius 3 is 2.09 bits per heavy atom. The number of ether oxygens (including phenoxy) is 2. The lowest BCUT2D eigenvalue weighted by Gasteiger charge is -2.20. The van der Waals surface area contributed by atoms with Gasteiger partial charge in [0.2, 0.25) is 0 Å². The maximum Gasteiger partial charge on any atom is 0.0720 e. The van der Waals surface area contributed by atoms with E-state index in [1.54, 1.807) is 0 Å². The number of aliphatic hydroxyl groups is 1. The lowest BCUT2D eigenvalue weighted by atomic mass is 10.1. The van der Waals surface area contributed by atoms with Crippen molar-refractivity contribution in [3.8, 4) is 0 Å². The highest BCUT2D eigenvalue weighted by atomic mass is 16.5. The average Bonchev–Trinajstić information content (AvgIpc) is 2.95. The zero-order chi connectivity index (χ0) is 15.9. The van der Waals surface area contributed by atoms with E-state index in [1.165, 1.54) is 5.56 Å². The summed E-state index contributed by atoms with van der Waals surface area (Å²) in [6.45, 7) is 1.83. The van der Waals surface area contributed by atoms with E-state index in [-0.39, 0.29) is 18.1 Å². The fourth-order valence-corrected chi connectivity index (χ4v) is 3.12. The number of hydrogen-bond donors (Lipinski definition) is 1. The second-order valence-electron chi connectivity index (χ2n) is 6.22. The second kappa shape index (κ2) is 8.25. The molecule has 1 saturated carbocycles. The minimum absolute atomic E-state index is 0.0704. The highest BCUT2D eigenvalue weighted by Crippen LogP contribution is 2.30. The van der Waals surface area contributed by atoms with Crippen LogP contribution in [-0.2, 0) is 22.7 Å². The van der Waals surface area contributed by atoms with Crippen LogP contribution in [0.4, 0.5) is 0 Å². The Kier molecular flexibility index (Phi) is 5.81. The van der Waals surface area contributed by atoms with Gasteiger partial charge in [0.15, 0.2) is 0 Å². The van der Waals surface area contributed by atoms with Crippen molar-refractivity contribution in [3.63, 3.8) is 0 Å². The SMILES string of the molecule is O[C@H]1C[C@H](COCc2ccccc2)[C@H](OCc2ccccc2)C1. The predicted octanol–water partition coefficient (Wildman–Crippen LogP) is 3.56. The summed E-state index contributed by atoms with van der Waals surface area (Å²) < 4.78 is 11.9. The fourth-order valence-electron chi connectivity index (χ4n) is 3.12. The van der Waals surface area contributed by atoms with E-state index in [2.05, 4.69) is 24.3 Å². The molecule has 3 atom stereocenters. The molecule has 1 fully saturated rings. The van der Waals surface area contributed by atoms with Gasteiger partial charge in [0.1, 0.15) is 0 Å². The Morgan fingerprint density at radius 1 is 0.826 bits per heavy atom. The van der Waals surface area contributed by atoms with Crippen molar-refractivity contribution in [2.75, 3.05) is 6.61 Å². The molecule has 0 radical (unpaired) electrons. The summed E-state index contributed by atoms with van der Waals surface area (Å²) in [5, 5.41) is 9.95. The summed E-state index contributed by atoms with van der Waals surface area (Å²) in [7, 11) is 0. The summed E-state index contributed by atoms with van der Waals surface area (Å²) in [6, 6.07) is 20.3. The first-order valence-electron chi connectivity index (χ1n) is 8.26. The van der Waals surface area contributed by atoms with E-state index in [0.29, 0.717) is 26.2 Å². The van der Waals surface area contributed by atoms with E-state index in [4.69, 9.17) is 9.47 Å². The summed E-state index contributed by atoms with van der Waals surface area (Å²) in [6.07, 6.45) is 1.25. The zero-order valence-electron chi connectivity index (χ0n) is 13.3. The summed E-state index contributed by atoms with van der Waals surface area (Å²) >= 11 is 0. The third-order valence-electron chi connectivity index (χ3n) is 4.36. The van der Waals surface area contributed by atoms with E-state index in [0.717, 1.165) is 12.0 Å². The third kappa shape index (κ3) is 4.90. The van der Waals surface area contributed by atoms with Crippen LogP contribution >= 0.6 is 0 Å². The molecule has 0 bridgehead atoms. The quantitative estimate of drug-likeness (QED) is 0.849. The normalized spacial score (nSPS) is 24.0. The van der Waals surface area contributed by atoms with Crippen LogP contribution in [0.15, 0.2) is 60.7 Å². The van der Waals surface area contributed by atoms with Crippen molar-refractivity contribution < 1.29 is 14.6 Å². The van der Waals surface area contributed by atoms with Crippen LogP contribution in [-0.4, -0.2) is 23.9 Å². The Labute approximate surface area is 137 Å². The zero-order valence-corrected chi connectivity index (χ0v) is 13.3. The molecule has 3 nitrogen and oxygen atoms in total. The molecule has 1 aliphatic rings. The molecule has 1 N–H and O–H groups in total. The maximum atomic E-state index is 9.95. The first-order chi connectivity index (χ1) is 11.3. The lowest BCUT2D eigenvalue weighted by Crippen LogP contribution is -2.22. The van der Waals surface area contributed by atoms with E-state index >= 15 is 0 Å². The van der Waals surface area contributed by atoms with Crippen LogP contribution in [0.1, 0.15) is 24.0 Å². The monoisotopic (exact) mass is 312 g/mol. The average molecular weight is 312 g/mol. The molecule has 0 amide bonds. The predicted molar refractivity (Wildman–Crippen MR) is 89.8 cm³/mol. The Balaban J connectivity index is 1.47. The molecule has 0 unspecified atom stereocenters. The molecular formula is C20H24O3. The number of rotatable bonds is 7. The van der Waals surface area contributed by atoms with Crippen LogP contribution in [0, 0.1) is 5.92 Å². The van der Waals surface area contributed by atoms with Crippen molar-refractivity contribution in [3.05, 3.63) is 71.8 Å². The second-order valence-corrected chi connectivity index (χ2v) is 6.22. The van der Waals surface area contributed by atoms with Crippen molar-refractivity contribution in [1.82, 2.24) is 0 Å². The minimum Gasteiger partial charge on any atom is -0.393 e. The molecule has 1 aliphatic carbocycles. The molecular weight excluding hydrogens is 288 g/mol. The van der Waals surface area contributed by atoms with Gasteiger partial charge in [0.05, 0.1) is 32.0 Å². The van der Waals surface area contributed by atoms with Gasteiger partial charge in [-0.1, -0.05) is 60.7 Å². The smallest absolute Gasteiger partial charge is 0.0720 e. The highest BCUT2D eigenvalue weighted by Gasteiger charge is 2.34. The van der Waals surface area contributed by atoms with Crippen molar-refractivity contribution >= 4 is 0 Å². The van der Waals surface area contributed by atoms with Crippen LogP contribution in [0.3, 0.4) is 0 Å². The molecule has 3 heteroatoms. The molecule has 0 heterocycles. The molecule has 2 aromatic carbocycles. The van der Waals surface area contributed by atoms with Gasteiger partial charge in [0, 0.05) is 5.92 Å². The van der Waals surface area contributed by atoms with Gasteiger partial charge in [-0.3, -0.25) is 0 Å². The summed E-state index contributed by atoms with van der Waals surface area (Å²) in [4.78, 5) is 0. The van der Waals surface area contributed by atoms with E-state index < -0.39 is 0 Å². The minimum atomic E-state index is -0.277.